The molecule has 0 rings (SSSR count). The molecule has 0 aliphatic rings. The maximum absolute atomic E-state index is 11.2. The third kappa shape index (κ3) is 6.28. The van der Waals surface area contributed by atoms with Crippen molar-refractivity contribution in [3.05, 3.63) is 10.4 Å². The fourth-order valence-corrected chi connectivity index (χ4v) is 0.907. The molecule has 0 atom stereocenters. The van der Waals surface area contributed by atoms with Gasteiger partial charge in [0.05, 0.1) is 6.54 Å². The minimum Gasteiger partial charge on any atom is -0.348 e. The van der Waals surface area contributed by atoms with Crippen LogP contribution in [0.15, 0.2) is 5.11 Å². The Hall–Kier alpha value is -1.26. The summed E-state index contributed by atoms with van der Waals surface area (Å²) in [6, 6.07) is 0. The maximum Gasteiger partial charge on any atom is 0.236 e. The van der Waals surface area contributed by atoms with Gasteiger partial charge in [-0.2, -0.15) is 0 Å². The number of amides is 1. The van der Waals surface area contributed by atoms with E-state index in [0.717, 1.165) is 13.0 Å². The second-order valence-electron chi connectivity index (χ2n) is 3.33. The summed E-state index contributed by atoms with van der Waals surface area (Å²) in [6.45, 7) is 1.65. The molecule has 0 saturated heterocycles. The highest BCUT2D eigenvalue weighted by molar-refractivity contribution is 5.77. The molecule has 0 aliphatic heterocycles. The first kappa shape index (κ1) is 12.7. The van der Waals surface area contributed by atoms with E-state index in [1.165, 1.54) is 0 Å². The van der Waals surface area contributed by atoms with Crippen LogP contribution in [0.5, 0.6) is 0 Å². The van der Waals surface area contributed by atoms with E-state index in [0.29, 0.717) is 13.1 Å². The standard InChI is InChI=1S/C8H17N5O/c1-12(2)8(14)7-13(3)6-4-5-10-11-9/h4-7H2,1-3H3. The predicted molar refractivity (Wildman–Crippen MR) is 54.8 cm³/mol. The van der Waals surface area contributed by atoms with Crippen LogP contribution < -0.4 is 0 Å². The van der Waals surface area contributed by atoms with E-state index < -0.39 is 0 Å². The summed E-state index contributed by atoms with van der Waals surface area (Å²) in [7, 11) is 5.34. The van der Waals surface area contributed by atoms with Crippen LogP contribution in [0.3, 0.4) is 0 Å². The topological polar surface area (TPSA) is 72.3 Å². The molecule has 80 valence electrons. The zero-order chi connectivity index (χ0) is 11.0. The minimum atomic E-state index is 0.0799. The van der Waals surface area contributed by atoms with Crippen molar-refractivity contribution in [2.45, 2.75) is 6.42 Å². The summed E-state index contributed by atoms with van der Waals surface area (Å²) >= 11 is 0. The van der Waals surface area contributed by atoms with Crippen molar-refractivity contribution in [1.82, 2.24) is 9.80 Å². The maximum atomic E-state index is 11.2. The molecule has 0 bridgehead atoms. The molecule has 14 heavy (non-hydrogen) atoms. The highest BCUT2D eigenvalue weighted by Gasteiger charge is 2.06. The molecule has 0 fully saturated rings. The van der Waals surface area contributed by atoms with Gasteiger partial charge < -0.3 is 4.90 Å². The number of azide groups is 1. The number of likely N-dealkylation sites (N-methyl/N-ethyl adjacent to an activating group) is 2. The van der Waals surface area contributed by atoms with E-state index in [9.17, 15) is 4.79 Å². The Balaban J connectivity index is 3.59. The van der Waals surface area contributed by atoms with Gasteiger partial charge in [-0.1, -0.05) is 5.11 Å². The van der Waals surface area contributed by atoms with Gasteiger partial charge in [-0.3, -0.25) is 9.69 Å². The van der Waals surface area contributed by atoms with Crippen LogP contribution in [-0.2, 0) is 4.79 Å². The van der Waals surface area contributed by atoms with Crippen molar-refractivity contribution in [2.24, 2.45) is 5.11 Å². The van der Waals surface area contributed by atoms with Gasteiger partial charge >= 0.3 is 0 Å². The average Bonchev–Trinajstić information content (AvgIpc) is 2.12. The fraction of sp³-hybridized carbons (Fsp3) is 0.875. The Morgan fingerprint density at radius 1 is 1.43 bits per heavy atom. The van der Waals surface area contributed by atoms with E-state index >= 15 is 0 Å². The lowest BCUT2D eigenvalue weighted by molar-refractivity contribution is -0.129. The second-order valence-corrected chi connectivity index (χ2v) is 3.33. The Kier molecular flexibility index (Phi) is 6.53. The number of hydrogen-bond acceptors (Lipinski definition) is 3. The van der Waals surface area contributed by atoms with Gasteiger partial charge in [0.25, 0.3) is 0 Å². The molecule has 6 heteroatoms. The quantitative estimate of drug-likeness (QED) is 0.273. The van der Waals surface area contributed by atoms with Crippen LogP contribution in [0.25, 0.3) is 10.4 Å². The highest BCUT2D eigenvalue weighted by atomic mass is 16.2. The van der Waals surface area contributed by atoms with E-state index in [1.54, 1.807) is 19.0 Å². The monoisotopic (exact) mass is 199 g/mol. The summed E-state index contributed by atoms with van der Waals surface area (Å²) in [6.07, 6.45) is 0.779. The van der Waals surface area contributed by atoms with Crippen molar-refractivity contribution in [1.29, 1.82) is 0 Å². The zero-order valence-corrected chi connectivity index (χ0v) is 8.97. The Morgan fingerprint density at radius 2 is 2.07 bits per heavy atom. The van der Waals surface area contributed by atoms with Crippen molar-refractivity contribution in [3.63, 3.8) is 0 Å². The molecule has 0 aromatic heterocycles. The molecule has 0 aliphatic carbocycles. The van der Waals surface area contributed by atoms with Crippen molar-refractivity contribution in [3.8, 4) is 0 Å². The number of hydrogen-bond donors (Lipinski definition) is 0. The minimum absolute atomic E-state index is 0.0799. The lowest BCUT2D eigenvalue weighted by atomic mass is 10.4. The molecule has 0 saturated carbocycles. The van der Waals surface area contributed by atoms with Crippen LogP contribution in [0.2, 0.25) is 0 Å². The lowest BCUT2D eigenvalue weighted by Crippen LogP contribution is -2.34. The van der Waals surface area contributed by atoms with Crippen LogP contribution in [0.1, 0.15) is 6.42 Å². The molecule has 6 nitrogen and oxygen atoms in total. The molecular formula is C8H17N5O. The van der Waals surface area contributed by atoms with Crippen molar-refractivity contribution >= 4 is 5.91 Å². The second kappa shape index (κ2) is 7.17. The largest absolute Gasteiger partial charge is 0.348 e. The summed E-state index contributed by atoms with van der Waals surface area (Å²) in [5.41, 5.74) is 8.03. The van der Waals surface area contributed by atoms with Crippen molar-refractivity contribution < 1.29 is 4.79 Å². The third-order valence-electron chi connectivity index (χ3n) is 1.77. The first-order valence-electron chi connectivity index (χ1n) is 4.47. The Labute approximate surface area is 84.1 Å². The average molecular weight is 199 g/mol. The summed E-state index contributed by atoms with van der Waals surface area (Å²) in [5.74, 6) is 0.0799. The van der Waals surface area contributed by atoms with Crippen LogP contribution in [-0.4, -0.2) is 56.5 Å². The van der Waals surface area contributed by atoms with Gasteiger partial charge in [0.1, 0.15) is 0 Å². The zero-order valence-electron chi connectivity index (χ0n) is 8.97. The molecule has 0 radical (unpaired) electrons. The number of carbonyl (C=O) groups is 1. The van der Waals surface area contributed by atoms with Crippen LogP contribution in [0.4, 0.5) is 0 Å². The summed E-state index contributed by atoms with van der Waals surface area (Å²) < 4.78 is 0. The lowest BCUT2D eigenvalue weighted by Gasteiger charge is -2.18. The SMILES string of the molecule is CN(CCCN=[N+]=[N-])CC(=O)N(C)C. The van der Waals surface area contributed by atoms with E-state index in [-0.39, 0.29) is 5.91 Å². The highest BCUT2D eigenvalue weighted by Crippen LogP contribution is 1.90. The number of carbonyl (C=O) groups excluding carboxylic acids is 1. The van der Waals surface area contributed by atoms with E-state index in [4.69, 9.17) is 5.53 Å². The van der Waals surface area contributed by atoms with Gasteiger partial charge in [-0.05, 0) is 25.5 Å². The van der Waals surface area contributed by atoms with Gasteiger partial charge in [0, 0.05) is 25.6 Å². The third-order valence-corrected chi connectivity index (χ3v) is 1.77. The normalized spacial score (nSPS) is 9.71. The van der Waals surface area contributed by atoms with Crippen molar-refractivity contribution in [2.75, 3.05) is 40.8 Å². The van der Waals surface area contributed by atoms with E-state index in [1.807, 2.05) is 11.9 Å². The number of rotatable bonds is 6. The summed E-state index contributed by atoms with van der Waals surface area (Å²) in [5, 5.41) is 3.42. The predicted octanol–water partition coefficient (Wildman–Crippen LogP) is 0.707. The molecule has 0 heterocycles. The summed E-state index contributed by atoms with van der Waals surface area (Å²) in [4.78, 5) is 17.4. The van der Waals surface area contributed by atoms with Crippen LogP contribution in [0, 0.1) is 0 Å². The first-order valence-corrected chi connectivity index (χ1v) is 4.47. The Morgan fingerprint density at radius 3 is 2.57 bits per heavy atom. The molecule has 0 aromatic rings. The fourth-order valence-electron chi connectivity index (χ4n) is 0.907. The van der Waals surface area contributed by atoms with Gasteiger partial charge in [0.15, 0.2) is 0 Å². The first-order chi connectivity index (χ1) is 6.57. The van der Waals surface area contributed by atoms with Gasteiger partial charge in [-0.25, -0.2) is 0 Å². The van der Waals surface area contributed by atoms with Gasteiger partial charge in [-0.15, -0.1) is 0 Å². The molecule has 0 aromatic carbocycles. The van der Waals surface area contributed by atoms with E-state index in [2.05, 4.69) is 10.0 Å². The molecule has 0 spiro atoms. The molecule has 1 amide bonds. The Bertz CT molecular complexity index is 222. The molecular weight excluding hydrogens is 182 g/mol. The smallest absolute Gasteiger partial charge is 0.236 e. The molecule has 0 N–H and O–H groups in total. The number of nitrogens with zero attached hydrogens (tertiary/aromatic N) is 5. The van der Waals surface area contributed by atoms with Crippen LogP contribution >= 0.6 is 0 Å². The van der Waals surface area contributed by atoms with Gasteiger partial charge in [0.2, 0.25) is 5.91 Å². The molecule has 0 unspecified atom stereocenters.